The Labute approximate surface area is 92.4 Å². The van der Waals surface area contributed by atoms with Crippen LogP contribution in [0.4, 0.5) is 0 Å². The molecule has 0 aromatic heterocycles. The summed E-state index contributed by atoms with van der Waals surface area (Å²) in [5.74, 6) is 0.461. The molecular formula is C13H22O2. The monoisotopic (exact) mass is 210 g/mol. The topological polar surface area (TPSA) is 26.3 Å². The molecule has 1 aliphatic heterocycles. The molecule has 2 rings (SSSR count). The first-order valence-electron chi connectivity index (χ1n) is 6.28. The van der Waals surface area contributed by atoms with Crippen LogP contribution in [0.1, 0.15) is 58.8 Å². The molecule has 1 saturated carbocycles. The number of rotatable bonds is 3. The average Bonchev–Trinajstić information content (AvgIpc) is 2.72. The summed E-state index contributed by atoms with van der Waals surface area (Å²) in [5.41, 5.74) is -0.0987. The van der Waals surface area contributed by atoms with Crippen molar-refractivity contribution in [3.63, 3.8) is 0 Å². The van der Waals surface area contributed by atoms with Crippen molar-refractivity contribution in [2.75, 3.05) is 6.61 Å². The van der Waals surface area contributed by atoms with E-state index in [0.29, 0.717) is 12.4 Å². The van der Waals surface area contributed by atoms with Gasteiger partial charge in [-0.25, -0.2) is 0 Å². The maximum atomic E-state index is 11.9. The molecule has 1 aliphatic carbocycles. The van der Waals surface area contributed by atoms with E-state index in [0.717, 1.165) is 32.1 Å². The molecule has 2 fully saturated rings. The van der Waals surface area contributed by atoms with Gasteiger partial charge in [-0.05, 0) is 32.6 Å². The maximum absolute atomic E-state index is 11.9. The lowest BCUT2D eigenvalue weighted by atomic mass is 9.78. The van der Waals surface area contributed by atoms with E-state index in [1.54, 1.807) is 0 Å². The number of ketones is 1. The van der Waals surface area contributed by atoms with Crippen molar-refractivity contribution < 1.29 is 9.53 Å². The minimum absolute atomic E-state index is 0.0178. The minimum atomic E-state index is -0.0809. The standard InChI is InChI=1S/C13H22O2/c1-3-4-7-12(2)9-13(10-15-12)8-5-6-11(13)14/h3-10H2,1-2H3/t12?,13-/m1/s1. The summed E-state index contributed by atoms with van der Waals surface area (Å²) in [6, 6.07) is 0. The highest BCUT2D eigenvalue weighted by atomic mass is 16.5. The number of hydrogen-bond donors (Lipinski definition) is 0. The molecule has 0 aromatic carbocycles. The molecule has 0 radical (unpaired) electrons. The van der Waals surface area contributed by atoms with E-state index in [1.807, 2.05) is 0 Å². The molecule has 2 nitrogen and oxygen atoms in total. The Hall–Kier alpha value is -0.370. The fourth-order valence-corrected chi connectivity index (χ4v) is 3.17. The number of Topliss-reactive ketones (excluding diaryl/α,β-unsaturated/α-hetero) is 1. The van der Waals surface area contributed by atoms with E-state index in [2.05, 4.69) is 13.8 Å². The van der Waals surface area contributed by atoms with E-state index in [9.17, 15) is 4.79 Å². The van der Waals surface area contributed by atoms with E-state index < -0.39 is 0 Å². The Morgan fingerprint density at radius 3 is 2.87 bits per heavy atom. The van der Waals surface area contributed by atoms with E-state index in [4.69, 9.17) is 4.74 Å². The van der Waals surface area contributed by atoms with Gasteiger partial charge in [-0.15, -0.1) is 0 Å². The lowest BCUT2D eigenvalue weighted by Gasteiger charge is -2.25. The maximum Gasteiger partial charge on any atom is 0.141 e. The molecule has 2 atom stereocenters. The first-order chi connectivity index (χ1) is 7.10. The van der Waals surface area contributed by atoms with Crippen LogP contribution in [-0.4, -0.2) is 18.0 Å². The van der Waals surface area contributed by atoms with Gasteiger partial charge in [0.2, 0.25) is 0 Å². The molecule has 0 N–H and O–H groups in total. The van der Waals surface area contributed by atoms with E-state index in [1.165, 1.54) is 12.8 Å². The SMILES string of the molecule is CCCCC1(C)C[C@]2(CCCC2=O)CO1. The van der Waals surface area contributed by atoms with Gasteiger partial charge in [0.1, 0.15) is 5.78 Å². The van der Waals surface area contributed by atoms with Crippen LogP contribution in [0.3, 0.4) is 0 Å². The summed E-state index contributed by atoms with van der Waals surface area (Å²) in [5, 5.41) is 0. The molecule has 0 amide bonds. The summed E-state index contributed by atoms with van der Waals surface area (Å²) in [6.45, 7) is 5.07. The van der Waals surface area contributed by atoms with Gasteiger partial charge >= 0.3 is 0 Å². The van der Waals surface area contributed by atoms with Crippen molar-refractivity contribution in [3.05, 3.63) is 0 Å². The van der Waals surface area contributed by atoms with Crippen LogP contribution in [0.2, 0.25) is 0 Å². The molecule has 1 saturated heterocycles. The van der Waals surface area contributed by atoms with Gasteiger partial charge in [-0.1, -0.05) is 19.8 Å². The molecule has 2 heteroatoms. The summed E-state index contributed by atoms with van der Waals surface area (Å²) in [7, 11) is 0. The van der Waals surface area contributed by atoms with Crippen LogP contribution < -0.4 is 0 Å². The third kappa shape index (κ3) is 1.96. The highest BCUT2D eigenvalue weighted by Crippen LogP contribution is 2.49. The average molecular weight is 210 g/mol. The van der Waals surface area contributed by atoms with Crippen molar-refractivity contribution in [1.29, 1.82) is 0 Å². The second-order valence-electron chi connectivity index (χ2n) is 5.58. The zero-order chi connectivity index (χ0) is 10.9. The van der Waals surface area contributed by atoms with E-state index in [-0.39, 0.29) is 11.0 Å². The Morgan fingerprint density at radius 2 is 2.27 bits per heavy atom. The second-order valence-corrected chi connectivity index (χ2v) is 5.58. The van der Waals surface area contributed by atoms with Crippen molar-refractivity contribution >= 4 is 5.78 Å². The summed E-state index contributed by atoms with van der Waals surface area (Å²) in [6.07, 6.45) is 7.42. The number of hydrogen-bond acceptors (Lipinski definition) is 2. The number of carbonyl (C=O) groups excluding carboxylic acids is 1. The molecule has 0 bridgehead atoms. The van der Waals surface area contributed by atoms with Gasteiger partial charge in [0.25, 0.3) is 0 Å². The first-order valence-corrected chi connectivity index (χ1v) is 6.28. The molecular weight excluding hydrogens is 188 g/mol. The molecule has 2 aliphatic rings. The lowest BCUT2D eigenvalue weighted by Crippen LogP contribution is -2.29. The molecule has 0 aromatic rings. The fourth-order valence-electron chi connectivity index (χ4n) is 3.17. The Balaban J connectivity index is 2.01. The van der Waals surface area contributed by atoms with Gasteiger partial charge < -0.3 is 4.74 Å². The van der Waals surface area contributed by atoms with Crippen molar-refractivity contribution in [1.82, 2.24) is 0 Å². The number of carbonyl (C=O) groups is 1. The van der Waals surface area contributed by atoms with Gasteiger partial charge in [0.15, 0.2) is 0 Å². The summed E-state index contributed by atoms with van der Waals surface area (Å²) >= 11 is 0. The molecule has 1 unspecified atom stereocenters. The Morgan fingerprint density at radius 1 is 1.47 bits per heavy atom. The lowest BCUT2D eigenvalue weighted by molar-refractivity contribution is -0.125. The quantitative estimate of drug-likeness (QED) is 0.715. The molecule has 86 valence electrons. The van der Waals surface area contributed by atoms with Crippen molar-refractivity contribution in [3.8, 4) is 0 Å². The van der Waals surface area contributed by atoms with Crippen LogP contribution in [-0.2, 0) is 9.53 Å². The number of unbranched alkanes of at least 4 members (excludes halogenated alkanes) is 1. The van der Waals surface area contributed by atoms with Crippen LogP contribution in [0, 0.1) is 5.41 Å². The normalized spacial score (nSPS) is 40.5. The third-order valence-electron chi connectivity index (χ3n) is 4.12. The smallest absolute Gasteiger partial charge is 0.141 e. The van der Waals surface area contributed by atoms with Crippen LogP contribution >= 0.6 is 0 Å². The van der Waals surface area contributed by atoms with Crippen molar-refractivity contribution in [2.24, 2.45) is 5.41 Å². The highest BCUT2D eigenvalue weighted by Gasteiger charge is 2.52. The zero-order valence-corrected chi connectivity index (χ0v) is 9.97. The Kier molecular flexibility index (Phi) is 2.89. The van der Waals surface area contributed by atoms with Gasteiger partial charge in [0, 0.05) is 6.42 Å². The second kappa shape index (κ2) is 3.89. The molecule has 1 heterocycles. The largest absolute Gasteiger partial charge is 0.374 e. The highest BCUT2D eigenvalue weighted by molar-refractivity contribution is 5.87. The van der Waals surface area contributed by atoms with Crippen LogP contribution in [0.5, 0.6) is 0 Å². The van der Waals surface area contributed by atoms with Gasteiger partial charge in [0.05, 0.1) is 17.6 Å². The van der Waals surface area contributed by atoms with Gasteiger partial charge in [-0.2, -0.15) is 0 Å². The summed E-state index contributed by atoms with van der Waals surface area (Å²) in [4.78, 5) is 11.9. The third-order valence-corrected chi connectivity index (χ3v) is 4.12. The summed E-state index contributed by atoms with van der Waals surface area (Å²) < 4.78 is 5.93. The van der Waals surface area contributed by atoms with Crippen molar-refractivity contribution in [2.45, 2.75) is 64.4 Å². The fraction of sp³-hybridized carbons (Fsp3) is 0.923. The van der Waals surface area contributed by atoms with E-state index >= 15 is 0 Å². The predicted molar refractivity (Wildman–Crippen MR) is 59.8 cm³/mol. The molecule has 15 heavy (non-hydrogen) atoms. The number of ether oxygens (including phenoxy) is 1. The first kappa shape index (κ1) is 11.1. The van der Waals surface area contributed by atoms with Gasteiger partial charge in [-0.3, -0.25) is 4.79 Å². The van der Waals surface area contributed by atoms with Crippen LogP contribution in [0.25, 0.3) is 0 Å². The zero-order valence-electron chi connectivity index (χ0n) is 9.97. The minimum Gasteiger partial charge on any atom is -0.374 e. The predicted octanol–water partition coefficient (Wildman–Crippen LogP) is 3.10. The van der Waals surface area contributed by atoms with Crippen LogP contribution in [0.15, 0.2) is 0 Å². The molecule has 1 spiro atoms. The Bertz CT molecular complexity index is 261.